The lowest BCUT2D eigenvalue weighted by atomic mass is 10.1. The second-order valence-electron chi connectivity index (χ2n) is 6.93. The number of amides is 1. The van der Waals surface area contributed by atoms with Crippen LogP contribution in [0.1, 0.15) is 29.1 Å². The third kappa shape index (κ3) is 3.58. The van der Waals surface area contributed by atoms with Crippen molar-refractivity contribution in [2.24, 2.45) is 0 Å². The van der Waals surface area contributed by atoms with E-state index in [1.165, 1.54) is 6.07 Å². The van der Waals surface area contributed by atoms with Gasteiger partial charge in [0.2, 0.25) is 5.95 Å². The Hall–Kier alpha value is -3.29. The fourth-order valence-corrected chi connectivity index (χ4v) is 3.51. The largest absolute Gasteiger partial charge is 0.493 e. The number of ether oxygens (including phenoxy) is 1. The van der Waals surface area contributed by atoms with E-state index in [2.05, 4.69) is 15.3 Å². The first kappa shape index (κ1) is 18.1. The second-order valence-corrected chi connectivity index (χ2v) is 6.93. The van der Waals surface area contributed by atoms with Crippen LogP contribution in [-0.2, 0) is 0 Å². The number of benzene rings is 1. The summed E-state index contributed by atoms with van der Waals surface area (Å²) in [7, 11) is 1.57. The van der Waals surface area contributed by atoms with E-state index < -0.39 is 0 Å². The van der Waals surface area contributed by atoms with E-state index in [-0.39, 0.29) is 23.3 Å². The lowest BCUT2D eigenvalue weighted by Crippen LogP contribution is -2.45. The smallest absolute Gasteiger partial charge is 0.287 e. The van der Waals surface area contributed by atoms with Gasteiger partial charge in [-0.3, -0.25) is 14.6 Å². The molecule has 0 bridgehead atoms. The molecule has 3 heterocycles. The quantitative estimate of drug-likeness (QED) is 0.718. The SMILES string of the molecule is COc1cccc2cc(C(=O)NC3CCN(c4nc(C)cc(=O)[nH]4)CC3)oc12. The standard InChI is InChI=1S/C20H22N4O4/c1-12-10-17(25)23-20(21-12)24-8-6-14(7-9-24)22-19(26)16-11-13-4-3-5-15(27-2)18(13)28-16/h3-5,10-11,14H,6-9H2,1-2H3,(H,22,26)(H,21,23,25). The Bertz CT molecular complexity index is 1060. The summed E-state index contributed by atoms with van der Waals surface area (Å²) in [6.07, 6.45) is 1.51. The summed E-state index contributed by atoms with van der Waals surface area (Å²) in [5, 5.41) is 3.86. The van der Waals surface area contributed by atoms with Crippen LogP contribution in [0.4, 0.5) is 5.95 Å². The molecule has 1 aliphatic heterocycles. The van der Waals surface area contributed by atoms with Crippen LogP contribution in [-0.4, -0.2) is 42.1 Å². The lowest BCUT2D eigenvalue weighted by Gasteiger charge is -2.32. The third-order valence-corrected chi connectivity index (χ3v) is 4.94. The highest BCUT2D eigenvalue weighted by molar-refractivity contribution is 5.97. The van der Waals surface area contributed by atoms with Crippen molar-refractivity contribution in [3.63, 3.8) is 0 Å². The van der Waals surface area contributed by atoms with Crippen LogP contribution < -0.4 is 20.5 Å². The summed E-state index contributed by atoms with van der Waals surface area (Å²) in [5.74, 6) is 1.22. The Morgan fingerprint density at radius 1 is 1.32 bits per heavy atom. The van der Waals surface area contributed by atoms with Crippen LogP contribution in [0.3, 0.4) is 0 Å². The minimum absolute atomic E-state index is 0.0374. The van der Waals surface area contributed by atoms with E-state index in [1.807, 2.05) is 17.0 Å². The van der Waals surface area contributed by atoms with Crippen molar-refractivity contribution in [3.05, 3.63) is 52.1 Å². The van der Waals surface area contributed by atoms with Crippen LogP contribution in [0.2, 0.25) is 0 Å². The molecule has 0 radical (unpaired) electrons. The van der Waals surface area contributed by atoms with Crippen LogP contribution in [0.25, 0.3) is 11.0 Å². The van der Waals surface area contributed by atoms with E-state index >= 15 is 0 Å². The van der Waals surface area contributed by atoms with Gasteiger partial charge < -0.3 is 19.4 Å². The molecule has 2 aromatic heterocycles. The van der Waals surface area contributed by atoms with Gasteiger partial charge in [-0.2, -0.15) is 0 Å². The number of furan rings is 1. The number of aromatic amines is 1. The number of anilines is 1. The molecular formula is C20H22N4O4. The monoisotopic (exact) mass is 382 g/mol. The number of hydrogen-bond acceptors (Lipinski definition) is 6. The van der Waals surface area contributed by atoms with Gasteiger partial charge in [0.15, 0.2) is 17.1 Å². The van der Waals surface area contributed by atoms with E-state index in [9.17, 15) is 9.59 Å². The number of nitrogens with one attached hydrogen (secondary N) is 2. The number of fused-ring (bicyclic) bond motifs is 1. The number of H-pyrrole nitrogens is 1. The molecule has 0 atom stereocenters. The summed E-state index contributed by atoms with van der Waals surface area (Å²) >= 11 is 0. The fourth-order valence-electron chi connectivity index (χ4n) is 3.51. The topological polar surface area (TPSA) is 100 Å². The molecule has 1 amide bonds. The highest BCUT2D eigenvalue weighted by Crippen LogP contribution is 2.28. The Labute approximate surface area is 161 Å². The highest BCUT2D eigenvalue weighted by Gasteiger charge is 2.24. The maximum Gasteiger partial charge on any atom is 0.287 e. The zero-order valence-electron chi connectivity index (χ0n) is 15.8. The number of piperidine rings is 1. The van der Waals surface area contributed by atoms with Crippen LogP contribution >= 0.6 is 0 Å². The maximum atomic E-state index is 12.6. The molecular weight excluding hydrogens is 360 g/mol. The average Bonchev–Trinajstić information content (AvgIpc) is 3.12. The van der Waals surface area contributed by atoms with Gasteiger partial charge in [0.05, 0.1) is 7.11 Å². The average molecular weight is 382 g/mol. The van der Waals surface area contributed by atoms with Crippen molar-refractivity contribution in [3.8, 4) is 5.75 Å². The van der Waals surface area contributed by atoms with E-state index in [1.54, 1.807) is 26.2 Å². The van der Waals surface area contributed by atoms with Gasteiger partial charge in [-0.05, 0) is 31.9 Å². The Morgan fingerprint density at radius 2 is 2.11 bits per heavy atom. The molecule has 28 heavy (non-hydrogen) atoms. The molecule has 146 valence electrons. The zero-order valence-corrected chi connectivity index (χ0v) is 15.8. The summed E-state index contributed by atoms with van der Waals surface area (Å²) in [6, 6.07) is 8.77. The van der Waals surface area contributed by atoms with Gasteiger partial charge in [0.25, 0.3) is 11.5 Å². The number of hydrogen-bond donors (Lipinski definition) is 2. The van der Waals surface area contributed by atoms with Gasteiger partial charge in [-0.15, -0.1) is 0 Å². The molecule has 8 heteroatoms. The highest BCUT2D eigenvalue weighted by atomic mass is 16.5. The summed E-state index contributed by atoms with van der Waals surface area (Å²) < 4.78 is 11.0. The molecule has 3 aromatic rings. The van der Waals surface area contributed by atoms with Crippen molar-refractivity contribution < 1.29 is 13.9 Å². The number of methoxy groups -OCH3 is 1. The van der Waals surface area contributed by atoms with Crippen molar-refractivity contribution >= 4 is 22.8 Å². The van der Waals surface area contributed by atoms with Crippen molar-refractivity contribution in [2.45, 2.75) is 25.8 Å². The van der Waals surface area contributed by atoms with Crippen LogP contribution in [0.15, 0.2) is 39.5 Å². The van der Waals surface area contributed by atoms with Crippen molar-refractivity contribution in [2.75, 3.05) is 25.1 Å². The normalized spacial score (nSPS) is 15.0. The predicted octanol–water partition coefficient (Wildman–Crippen LogP) is 2.23. The predicted molar refractivity (Wildman–Crippen MR) is 105 cm³/mol. The van der Waals surface area contributed by atoms with Crippen molar-refractivity contribution in [1.82, 2.24) is 15.3 Å². The Balaban J connectivity index is 1.41. The fraction of sp³-hybridized carbons (Fsp3) is 0.350. The molecule has 8 nitrogen and oxygen atoms in total. The molecule has 1 aliphatic rings. The van der Waals surface area contributed by atoms with Crippen LogP contribution in [0.5, 0.6) is 5.75 Å². The van der Waals surface area contributed by atoms with E-state index in [0.29, 0.717) is 36.1 Å². The first-order valence-electron chi connectivity index (χ1n) is 9.24. The Kier molecular flexibility index (Phi) is 4.77. The minimum Gasteiger partial charge on any atom is -0.493 e. The molecule has 2 N–H and O–H groups in total. The number of nitrogens with zero attached hydrogens (tertiary/aromatic N) is 2. The number of aromatic nitrogens is 2. The van der Waals surface area contributed by atoms with E-state index in [4.69, 9.17) is 9.15 Å². The van der Waals surface area contributed by atoms with Gasteiger partial charge in [-0.1, -0.05) is 12.1 Å². The first-order valence-corrected chi connectivity index (χ1v) is 9.24. The van der Waals surface area contributed by atoms with Crippen LogP contribution in [0, 0.1) is 6.92 Å². The van der Waals surface area contributed by atoms with Gasteiger partial charge in [0.1, 0.15) is 0 Å². The van der Waals surface area contributed by atoms with E-state index in [0.717, 1.165) is 18.2 Å². The zero-order chi connectivity index (χ0) is 19.7. The summed E-state index contributed by atoms with van der Waals surface area (Å²) in [5.41, 5.74) is 1.10. The number of para-hydroxylation sites is 1. The number of aryl methyl sites for hydroxylation is 1. The molecule has 1 fully saturated rings. The van der Waals surface area contributed by atoms with Gasteiger partial charge in [-0.25, -0.2) is 4.98 Å². The first-order chi connectivity index (χ1) is 13.5. The van der Waals surface area contributed by atoms with Gasteiger partial charge in [0, 0.05) is 36.3 Å². The molecule has 0 unspecified atom stereocenters. The number of carbonyl (C=O) groups excluding carboxylic acids is 1. The lowest BCUT2D eigenvalue weighted by molar-refractivity contribution is 0.0905. The number of rotatable bonds is 4. The number of carbonyl (C=O) groups is 1. The molecule has 1 saturated heterocycles. The molecule has 0 spiro atoms. The molecule has 4 rings (SSSR count). The molecule has 0 saturated carbocycles. The maximum absolute atomic E-state index is 12.6. The second kappa shape index (κ2) is 7.38. The van der Waals surface area contributed by atoms with Gasteiger partial charge >= 0.3 is 0 Å². The Morgan fingerprint density at radius 3 is 2.82 bits per heavy atom. The third-order valence-electron chi connectivity index (χ3n) is 4.94. The summed E-state index contributed by atoms with van der Waals surface area (Å²) in [6.45, 7) is 3.20. The molecule has 0 aliphatic carbocycles. The minimum atomic E-state index is -0.237. The summed E-state index contributed by atoms with van der Waals surface area (Å²) in [4.78, 5) is 33.4. The van der Waals surface area contributed by atoms with Crippen molar-refractivity contribution in [1.29, 1.82) is 0 Å². The molecule has 1 aromatic carbocycles.